The van der Waals surface area contributed by atoms with Gasteiger partial charge in [0.05, 0.1) is 5.02 Å². The van der Waals surface area contributed by atoms with Gasteiger partial charge < -0.3 is 10.3 Å². The van der Waals surface area contributed by atoms with Gasteiger partial charge in [-0.15, -0.1) is 0 Å². The molecule has 0 atom stereocenters. The van der Waals surface area contributed by atoms with Crippen molar-refractivity contribution in [3.8, 4) is 11.3 Å². The minimum atomic E-state index is -0.102. The molecule has 3 nitrogen and oxygen atoms in total. The zero-order chi connectivity index (χ0) is 15.9. The highest BCUT2D eigenvalue weighted by Gasteiger charge is 2.27. The van der Waals surface area contributed by atoms with Crippen LogP contribution in [0.5, 0.6) is 0 Å². The molecule has 0 aliphatic rings. The van der Waals surface area contributed by atoms with Crippen molar-refractivity contribution in [2.24, 2.45) is 0 Å². The lowest BCUT2D eigenvalue weighted by Gasteiger charge is -2.22. The van der Waals surface area contributed by atoms with Crippen LogP contribution in [0.25, 0.3) is 11.3 Å². The van der Waals surface area contributed by atoms with Crippen molar-refractivity contribution >= 4 is 29.0 Å². The van der Waals surface area contributed by atoms with Crippen LogP contribution in [0.1, 0.15) is 46.5 Å². The second-order valence-electron chi connectivity index (χ2n) is 6.51. The SMILES string of the molecule is CC(C)n1c(C(C)(C)C)nc(-c2ccc(Cl)cc2Cl)c1N. The Morgan fingerprint density at radius 3 is 2.24 bits per heavy atom. The van der Waals surface area contributed by atoms with E-state index < -0.39 is 0 Å². The van der Waals surface area contributed by atoms with Crippen molar-refractivity contribution in [1.29, 1.82) is 0 Å². The highest BCUT2D eigenvalue weighted by molar-refractivity contribution is 6.36. The fraction of sp³-hybridized carbons (Fsp3) is 0.438. The summed E-state index contributed by atoms with van der Waals surface area (Å²) in [6.07, 6.45) is 0. The summed E-state index contributed by atoms with van der Waals surface area (Å²) < 4.78 is 2.07. The van der Waals surface area contributed by atoms with Crippen LogP contribution in [-0.2, 0) is 5.41 Å². The van der Waals surface area contributed by atoms with Gasteiger partial charge in [-0.25, -0.2) is 4.98 Å². The van der Waals surface area contributed by atoms with Gasteiger partial charge in [-0.05, 0) is 32.0 Å². The van der Waals surface area contributed by atoms with Gasteiger partial charge in [-0.3, -0.25) is 0 Å². The molecule has 0 radical (unpaired) electrons. The molecule has 1 aromatic carbocycles. The lowest BCUT2D eigenvalue weighted by Crippen LogP contribution is -2.21. The summed E-state index contributed by atoms with van der Waals surface area (Å²) in [5, 5.41) is 1.16. The average Bonchev–Trinajstić information content (AvgIpc) is 2.67. The van der Waals surface area contributed by atoms with Gasteiger partial charge in [0, 0.05) is 22.0 Å². The number of aromatic nitrogens is 2. The van der Waals surface area contributed by atoms with Crippen LogP contribution in [0.4, 0.5) is 5.82 Å². The molecule has 1 heterocycles. The van der Waals surface area contributed by atoms with Gasteiger partial charge in [0.25, 0.3) is 0 Å². The molecule has 21 heavy (non-hydrogen) atoms. The van der Waals surface area contributed by atoms with Crippen molar-refractivity contribution in [2.45, 2.75) is 46.1 Å². The number of imidazole rings is 1. The van der Waals surface area contributed by atoms with Crippen molar-refractivity contribution in [3.63, 3.8) is 0 Å². The zero-order valence-corrected chi connectivity index (χ0v) is 14.5. The van der Waals surface area contributed by atoms with Crippen LogP contribution in [0.2, 0.25) is 10.0 Å². The highest BCUT2D eigenvalue weighted by atomic mass is 35.5. The molecule has 0 bridgehead atoms. The first-order valence-corrected chi connectivity index (χ1v) is 7.72. The molecule has 5 heteroatoms. The minimum Gasteiger partial charge on any atom is -0.383 e. The van der Waals surface area contributed by atoms with E-state index in [9.17, 15) is 0 Å². The van der Waals surface area contributed by atoms with Gasteiger partial charge in [0.15, 0.2) is 0 Å². The second-order valence-corrected chi connectivity index (χ2v) is 7.35. The van der Waals surface area contributed by atoms with E-state index in [1.54, 1.807) is 12.1 Å². The Kier molecular flexibility index (Phi) is 4.27. The predicted octanol–water partition coefficient (Wildman–Crippen LogP) is 5.32. The number of nitrogens with two attached hydrogens (primary N) is 1. The van der Waals surface area contributed by atoms with E-state index in [1.165, 1.54) is 0 Å². The number of hydrogen-bond acceptors (Lipinski definition) is 2. The second kappa shape index (κ2) is 5.54. The maximum atomic E-state index is 6.35. The van der Waals surface area contributed by atoms with Crippen LogP contribution < -0.4 is 5.73 Å². The van der Waals surface area contributed by atoms with Gasteiger partial charge in [0.2, 0.25) is 0 Å². The lowest BCUT2D eigenvalue weighted by molar-refractivity contribution is 0.473. The van der Waals surface area contributed by atoms with Gasteiger partial charge in [-0.1, -0.05) is 44.0 Å². The maximum Gasteiger partial charge on any atom is 0.132 e. The number of nitrogen functional groups attached to an aromatic ring is 1. The number of halogens is 2. The largest absolute Gasteiger partial charge is 0.383 e. The smallest absolute Gasteiger partial charge is 0.132 e. The maximum absolute atomic E-state index is 6.35. The van der Waals surface area contributed by atoms with Gasteiger partial charge in [0.1, 0.15) is 17.3 Å². The third-order valence-electron chi connectivity index (χ3n) is 3.32. The molecule has 1 aromatic heterocycles. The molecule has 0 spiro atoms. The molecule has 2 rings (SSSR count). The van der Waals surface area contributed by atoms with Crippen LogP contribution >= 0.6 is 23.2 Å². The molecule has 0 aliphatic carbocycles. The van der Waals surface area contributed by atoms with Gasteiger partial charge in [-0.2, -0.15) is 0 Å². The van der Waals surface area contributed by atoms with E-state index in [1.807, 2.05) is 6.07 Å². The van der Waals surface area contributed by atoms with Crippen molar-refractivity contribution in [3.05, 3.63) is 34.1 Å². The molecule has 114 valence electrons. The summed E-state index contributed by atoms with van der Waals surface area (Å²) in [4.78, 5) is 4.77. The van der Waals surface area contributed by atoms with E-state index in [0.29, 0.717) is 15.9 Å². The highest BCUT2D eigenvalue weighted by Crippen LogP contribution is 2.37. The minimum absolute atomic E-state index is 0.102. The molecule has 0 aliphatic heterocycles. The molecular weight excluding hydrogens is 305 g/mol. The van der Waals surface area contributed by atoms with Crippen LogP contribution in [0, 0.1) is 0 Å². The van der Waals surface area contributed by atoms with E-state index in [4.69, 9.17) is 33.9 Å². The fourth-order valence-electron chi connectivity index (χ4n) is 2.38. The van der Waals surface area contributed by atoms with Crippen molar-refractivity contribution in [2.75, 3.05) is 5.73 Å². The summed E-state index contributed by atoms with van der Waals surface area (Å²) in [6.45, 7) is 10.6. The van der Waals surface area contributed by atoms with E-state index in [0.717, 1.165) is 17.1 Å². The Labute approximate surface area is 136 Å². The average molecular weight is 326 g/mol. The molecule has 2 aromatic rings. The normalized spacial score (nSPS) is 12.2. The summed E-state index contributed by atoms with van der Waals surface area (Å²) in [5.74, 6) is 1.59. The van der Waals surface area contributed by atoms with Crippen molar-refractivity contribution in [1.82, 2.24) is 9.55 Å². The summed E-state index contributed by atoms with van der Waals surface area (Å²) in [7, 11) is 0. The molecule has 0 fully saturated rings. The molecule has 0 saturated carbocycles. The van der Waals surface area contributed by atoms with E-state index >= 15 is 0 Å². The standard InChI is InChI=1S/C16H21Cl2N3/c1-9(2)21-14(19)13(20-15(21)16(3,4)5)11-7-6-10(17)8-12(11)18/h6-9H,19H2,1-5H3. The number of benzene rings is 1. The first kappa shape index (κ1) is 16.2. The Morgan fingerprint density at radius 2 is 1.81 bits per heavy atom. The van der Waals surface area contributed by atoms with Crippen LogP contribution in [0.3, 0.4) is 0 Å². The molecule has 2 N–H and O–H groups in total. The number of nitrogens with zero attached hydrogens (tertiary/aromatic N) is 2. The van der Waals surface area contributed by atoms with Crippen molar-refractivity contribution < 1.29 is 0 Å². The summed E-state index contributed by atoms with van der Waals surface area (Å²) in [6, 6.07) is 5.60. The van der Waals surface area contributed by atoms with E-state index in [2.05, 4.69) is 39.2 Å². The van der Waals surface area contributed by atoms with E-state index in [-0.39, 0.29) is 11.5 Å². The summed E-state index contributed by atoms with van der Waals surface area (Å²) >= 11 is 12.3. The number of hydrogen-bond donors (Lipinski definition) is 1. The third kappa shape index (κ3) is 3.04. The Morgan fingerprint density at radius 1 is 1.19 bits per heavy atom. The molecule has 0 saturated heterocycles. The predicted molar refractivity (Wildman–Crippen MR) is 91.2 cm³/mol. The quantitative estimate of drug-likeness (QED) is 0.812. The lowest BCUT2D eigenvalue weighted by atomic mass is 9.95. The first-order valence-electron chi connectivity index (χ1n) is 6.96. The van der Waals surface area contributed by atoms with Crippen LogP contribution in [-0.4, -0.2) is 9.55 Å². The molecular formula is C16H21Cl2N3. The monoisotopic (exact) mass is 325 g/mol. The molecule has 0 amide bonds. The van der Waals surface area contributed by atoms with Crippen LogP contribution in [0.15, 0.2) is 18.2 Å². The first-order chi connectivity index (χ1) is 9.62. The summed E-state index contributed by atoms with van der Waals surface area (Å²) in [5.41, 5.74) is 7.77. The Balaban J connectivity index is 2.71. The Hall–Kier alpha value is -1.19. The zero-order valence-electron chi connectivity index (χ0n) is 13.0. The number of anilines is 1. The third-order valence-corrected chi connectivity index (χ3v) is 3.87. The topological polar surface area (TPSA) is 43.8 Å². The Bertz CT molecular complexity index is 667. The number of rotatable bonds is 2. The molecule has 0 unspecified atom stereocenters. The fourth-order valence-corrected chi connectivity index (χ4v) is 2.87. The van der Waals surface area contributed by atoms with Gasteiger partial charge >= 0.3 is 0 Å².